The smallest absolute Gasteiger partial charge is 0.309 e. The molecule has 0 aromatic rings. The third-order valence-electron chi connectivity index (χ3n) is 15.3. The van der Waals surface area contributed by atoms with Crippen LogP contribution < -0.4 is 5.32 Å². The minimum absolute atomic E-state index is 0.00346. The molecule has 0 saturated carbocycles. The number of hydrogen-bond donors (Lipinski definition) is 4. The van der Waals surface area contributed by atoms with Gasteiger partial charge >= 0.3 is 5.97 Å². The average molecular weight is 820 g/mol. The summed E-state index contributed by atoms with van der Waals surface area (Å²) in [4.78, 5) is 39.8. The summed E-state index contributed by atoms with van der Waals surface area (Å²) in [5.41, 5.74) is -1.66. The van der Waals surface area contributed by atoms with Gasteiger partial charge in [-0.1, -0.05) is 75.3 Å². The number of ketones is 1. The molecule has 4 saturated heterocycles. The first kappa shape index (κ1) is 47.1. The van der Waals surface area contributed by atoms with Crippen LogP contribution in [0.4, 0.5) is 0 Å². The van der Waals surface area contributed by atoms with E-state index in [4.69, 9.17) is 23.7 Å². The van der Waals surface area contributed by atoms with Gasteiger partial charge in [0.15, 0.2) is 11.6 Å². The number of hydrogen-bond acceptors (Lipinski definition) is 10. The summed E-state index contributed by atoms with van der Waals surface area (Å²) in [6.07, 6.45) is 6.80. The second-order valence-corrected chi connectivity index (χ2v) is 19.6. The SMILES string of the molecule is CCC(C(=O)[C@@H](C)[C@@H](O)[C@H](C)[C@@H]1O[C@@H](C(CC)C(=O)O)CC[C@@H]1C)[C@H]1O[C@]2(C=C[C@@H](NC(=O)C(C)C)[C@]3(CC[C@@](C)([C@H]4CC[C@](O)(CC)[C@H](C)O4)O3)O2)[C@H](C)C[C@@H]1C. The zero-order chi connectivity index (χ0) is 43.1. The lowest BCUT2D eigenvalue weighted by Gasteiger charge is -2.55. The molecule has 0 bridgehead atoms. The highest BCUT2D eigenvalue weighted by Gasteiger charge is 2.63. The molecule has 5 heterocycles. The molecule has 18 atom stereocenters. The van der Waals surface area contributed by atoms with Crippen LogP contribution in [-0.2, 0) is 38.1 Å². The number of carboxylic acid groups (broad SMARTS) is 1. The average Bonchev–Trinajstić information content (AvgIpc) is 3.52. The summed E-state index contributed by atoms with van der Waals surface area (Å²) in [5.74, 6) is -6.20. The van der Waals surface area contributed by atoms with Crippen molar-refractivity contribution in [2.45, 2.75) is 213 Å². The zero-order valence-electron chi connectivity index (χ0n) is 37.5. The Morgan fingerprint density at radius 2 is 1.53 bits per heavy atom. The Morgan fingerprint density at radius 3 is 2.12 bits per heavy atom. The molecule has 12 nitrogen and oxygen atoms in total. The fourth-order valence-corrected chi connectivity index (χ4v) is 11.0. The molecule has 5 aliphatic rings. The van der Waals surface area contributed by atoms with E-state index in [2.05, 4.69) is 26.1 Å². The lowest BCUT2D eigenvalue weighted by atomic mass is 9.72. The summed E-state index contributed by atoms with van der Waals surface area (Å²) in [5, 5.41) is 36.0. The first-order valence-corrected chi connectivity index (χ1v) is 22.7. The fourth-order valence-electron chi connectivity index (χ4n) is 11.0. The molecule has 1 amide bonds. The molecule has 0 aliphatic carbocycles. The predicted octanol–water partition coefficient (Wildman–Crippen LogP) is 6.97. The Bertz CT molecular complexity index is 1490. The van der Waals surface area contributed by atoms with E-state index in [0.29, 0.717) is 57.8 Å². The van der Waals surface area contributed by atoms with Crippen molar-refractivity contribution in [2.75, 3.05) is 0 Å². The summed E-state index contributed by atoms with van der Waals surface area (Å²) in [7, 11) is 0. The molecule has 4 fully saturated rings. The Kier molecular flexibility index (Phi) is 14.8. The van der Waals surface area contributed by atoms with Gasteiger partial charge in [-0.15, -0.1) is 0 Å². The van der Waals surface area contributed by atoms with Crippen LogP contribution in [0.3, 0.4) is 0 Å². The molecule has 0 aromatic carbocycles. The first-order valence-electron chi connectivity index (χ1n) is 22.7. The zero-order valence-corrected chi connectivity index (χ0v) is 37.5. The fraction of sp³-hybridized carbons (Fsp3) is 0.891. The van der Waals surface area contributed by atoms with E-state index >= 15 is 0 Å². The van der Waals surface area contributed by atoms with Gasteiger partial charge in [0.25, 0.3) is 0 Å². The van der Waals surface area contributed by atoms with E-state index in [9.17, 15) is 29.7 Å². The number of nitrogens with one attached hydrogen (secondary N) is 1. The number of Topliss-reactive ketones (excluding diaryl/α,β-unsaturated/α-hetero) is 1. The number of rotatable bonds is 14. The normalized spacial score (nSPS) is 43.2. The van der Waals surface area contributed by atoms with Crippen molar-refractivity contribution in [3.63, 3.8) is 0 Å². The number of carboxylic acids is 1. The van der Waals surface area contributed by atoms with Crippen molar-refractivity contribution in [3.8, 4) is 0 Å². The maximum absolute atomic E-state index is 14.6. The predicted molar refractivity (Wildman–Crippen MR) is 219 cm³/mol. The van der Waals surface area contributed by atoms with Gasteiger partial charge in [0, 0.05) is 36.0 Å². The van der Waals surface area contributed by atoms with Crippen LogP contribution in [0.1, 0.15) is 147 Å². The van der Waals surface area contributed by atoms with Gasteiger partial charge in [0.2, 0.25) is 5.91 Å². The summed E-state index contributed by atoms with van der Waals surface area (Å²) in [6.45, 7) is 23.4. The van der Waals surface area contributed by atoms with Gasteiger partial charge in [0.1, 0.15) is 11.8 Å². The summed E-state index contributed by atoms with van der Waals surface area (Å²) in [6, 6.07) is -0.607. The van der Waals surface area contributed by atoms with Crippen molar-refractivity contribution in [1.82, 2.24) is 5.32 Å². The van der Waals surface area contributed by atoms with Crippen molar-refractivity contribution < 1.29 is 53.4 Å². The highest BCUT2D eigenvalue weighted by atomic mass is 16.8. The van der Waals surface area contributed by atoms with E-state index in [1.807, 2.05) is 67.5 Å². The quantitative estimate of drug-likeness (QED) is 0.134. The minimum atomic E-state index is -1.28. The number of carbonyl (C=O) groups excluding carboxylic acids is 2. The van der Waals surface area contributed by atoms with Crippen LogP contribution in [0.15, 0.2) is 12.2 Å². The van der Waals surface area contributed by atoms with Crippen LogP contribution >= 0.6 is 0 Å². The van der Waals surface area contributed by atoms with Crippen molar-refractivity contribution in [3.05, 3.63) is 12.2 Å². The number of aliphatic hydroxyl groups excluding tert-OH is 1. The van der Waals surface area contributed by atoms with Gasteiger partial charge in [0.05, 0.1) is 53.7 Å². The van der Waals surface area contributed by atoms with Crippen molar-refractivity contribution >= 4 is 17.7 Å². The lowest BCUT2D eigenvalue weighted by molar-refractivity contribution is -0.398. The van der Waals surface area contributed by atoms with Gasteiger partial charge in [-0.2, -0.15) is 0 Å². The van der Waals surface area contributed by atoms with Gasteiger partial charge in [-0.05, 0) is 89.5 Å². The molecule has 2 unspecified atom stereocenters. The molecule has 5 rings (SSSR count). The Labute approximate surface area is 347 Å². The number of aliphatic carboxylic acids is 1. The minimum Gasteiger partial charge on any atom is -0.481 e. The van der Waals surface area contributed by atoms with E-state index in [1.165, 1.54) is 0 Å². The van der Waals surface area contributed by atoms with Crippen LogP contribution in [-0.4, -0.2) is 98.4 Å². The molecule has 4 N–H and O–H groups in total. The standard InChI is InChI=1S/C46H77NO11/c1-13-32(42(51)52)34-17-16-26(6)39(55-34)30(10)37(48)29(9)38(49)33(14-2)40-27(7)24-28(8)45(56-40)21-18-35(47-41(50)25(4)5)46(58-45)23-22-43(12,57-46)36-19-20-44(53,15-3)31(11)54-36/h18,21,25-37,39-40,48,53H,13-17,19-20,22-24H2,1-12H3,(H,47,50)(H,51,52)/t26-,27-,28+,29-,30-,31-,32?,33?,34+,35+,36+,37+,39+,40-,43-,44+,45-,46-/m0/s1. The Morgan fingerprint density at radius 1 is 0.862 bits per heavy atom. The van der Waals surface area contributed by atoms with Gasteiger partial charge in [-0.25, -0.2) is 0 Å². The molecule has 2 spiro atoms. The number of carbonyl (C=O) groups is 3. The molecular weight excluding hydrogens is 743 g/mol. The van der Waals surface area contributed by atoms with Crippen LogP contribution in [0.2, 0.25) is 0 Å². The second kappa shape index (κ2) is 18.2. The first-order chi connectivity index (χ1) is 27.1. The van der Waals surface area contributed by atoms with Crippen molar-refractivity contribution in [2.24, 2.45) is 47.3 Å². The molecule has 0 radical (unpaired) electrons. The summed E-state index contributed by atoms with van der Waals surface area (Å²) >= 11 is 0. The van der Waals surface area contributed by atoms with Crippen LogP contribution in [0.25, 0.3) is 0 Å². The van der Waals surface area contributed by atoms with E-state index in [1.54, 1.807) is 6.92 Å². The maximum atomic E-state index is 14.6. The molecule has 12 heteroatoms. The highest BCUT2D eigenvalue weighted by molar-refractivity contribution is 5.84. The maximum Gasteiger partial charge on any atom is 0.309 e. The van der Waals surface area contributed by atoms with E-state index < -0.39 is 76.8 Å². The highest BCUT2D eigenvalue weighted by Crippen LogP contribution is 2.54. The number of aliphatic hydroxyl groups is 2. The largest absolute Gasteiger partial charge is 0.481 e. The summed E-state index contributed by atoms with van der Waals surface area (Å²) < 4.78 is 34.4. The Balaban J connectivity index is 1.38. The third kappa shape index (κ3) is 9.00. The number of ether oxygens (including phenoxy) is 5. The topological polar surface area (TPSA) is 170 Å². The lowest BCUT2D eigenvalue weighted by Crippen LogP contribution is -2.66. The molecular formula is C46H77NO11. The van der Waals surface area contributed by atoms with Crippen molar-refractivity contribution in [1.29, 1.82) is 0 Å². The second-order valence-electron chi connectivity index (χ2n) is 19.6. The van der Waals surface area contributed by atoms with Gasteiger partial charge in [-0.3, -0.25) is 14.4 Å². The molecule has 58 heavy (non-hydrogen) atoms. The van der Waals surface area contributed by atoms with Crippen LogP contribution in [0.5, 0.6) is 0 Å². The van der Waals surface area contributed by atoms with Gasteiger partial charge < -0.3 is 44.3 Å². The number of amides is 1. The molecule has 0 aromatic heterocycles. The Hall–Kier alpha value is -1.93. The molecule has 332 valence electrons. The third-order valence-corrected chi connectivity index (χ3v) is 15.3. The van der Waals surface area contributed by atoms with Crippen LogP contribution in [0, 0.1) is 47.3 Å². The molecule has 5 aliphatic heterocycles. The van der Waals surface area contributed by atoms with E-state index in [0.717, 1.165) is 6.42 Å². The van der Waals surface area contributed by atoms with E-state index in [-0.39, 0.29) is 53.7 Å². The monoisotopic (exact) mass is 820 g/mol.